The maximum absolute atomic E-state index is 12.4. The molecule has 158 valence electrons. The molecule has 2 aromatic rings. The fourth-order valence-corrected chi connectivity index (χ4v) is 3.64. The first-order valence-corrected chi connectivity index (χ1v) is 10.5. The smallest absolute Gasteiger partial charge is 0.276 e. The highest BCUT2D eigenvalue weighted by Crippen LogP contribution is 2.24. The molecule has 0 amide bonds. The summed E-state index contributed by atoms with van der Waals surface area (Å²) < 4.78 is 1.50. The Hall–Kier alpha value is -1.86. The second-order valence-corrected chi connectivity index (χ2v) is 7.84. The summed E-state index contributed by atoms with van der Waals surface area (Å²) in [6.45, 7) is 6.24. The van der Waals surface area contributed by atoms with Crippen molar-refractivity contribution in [2.75, 3.05) is 25.5 Å². The predicted molar refractivity (Wildman–Crippen MR) is 124 cm³/mol. The van der Waals surface area contributed by atoms with E-state index in [4.69, 9.17) is 28.9 Å². The van der Waals surface area contributed by atoms with Gasteiger partial charge >= 0.3 is 0 Å². The lowest BCUT2D eigenvalue weighted by Crippen LogP contribution is -2.40. The van der Waals surface area contributed by atoms with Gasteiger partial charge in [0, 0.05) is 36.9 Å². The van der Waals surface area contributed by atoms with Crippen LogP contribution in [0.3, 0.4) is 0 Å². The molecular formula is C21H29Cl2N5O. The first-order chi connectivity index (χ1) is 13.9. The van der Waals surface area contributed by atoms with Gasteiger partial charge in [0.25, 0.3) is 5.56 Å². The highest BCUT2D eigenvalue weighted by atomic mass is 35.5. The van der Waals surface area contributed by atoms with E-state index in [2.05, 4.69) is 29.0 Å². The first-order valence-electron chi connectivity index (χ1n) is 9.54. The summed E-state index contributed by atoms with van der Waals surface area (Å²) in [5.74, 6) is 0.235. The molecule has 8 heteroatoms. The number of hydrogen-bond acceptors (Lipinski definition) is 5. The quantitative estimate of drug-likeness (QED) is 0.551. The Labute approximate surface area is 182 Å². The number of piperidine rings is 1. The number of nitrogens with two attached hydrogens (primary N) is 1. The molecule has 1 aliphatic heterocycles. The molecular weight excluding hydrogens is 409 g/mol. The van der Waals surface area contributed by atoms with E-state index < -0.39 is 0 Å². The standard InChI is InChI=1S/C15H15Cl2N3O.C6H14N2/c1-18-13-7-11(8-16)20(2)15(21)14(13)19-9-10-5-3-4-6-12(10)17;1-8-4-2-3-6(7)5-8/h3-7,19H,1,8-9H2,2H3;6H,2-5,7H2,1H3. The average Bonchev–Trinajstić information content (AvgIpc) is 2.70. The van der Waals surface area contributed by atoms with E-state index in [0.29, 0.717) is 34.7 Å². The molecule has 1 unspecified atom stereocenters. The summed E-state index contributed by atoms with van der Waals surface area (Å²) in [4.78, 5) is 18.5. The lowest BCUT2D eigenvalue weighted by atomic mass is 10.1. The van der Waals surface area contributed by atoms with Crippen molar-refractivity contribution in [1.29, 1.82) is 0 Å². The van der Waals surface area contributed by atoms with Crippen molar-refractivity contribution in [3.63, 3.8) is 0 Å². The highest BCUT2D eigenvalue weighted by molar-refractivity contribution is 6.31. The predicted octanol–water partition coefficient (Wildman–Crippen LogP) is 3.76. The number of aliphatic imine (C=N–C) groups is 1. The van der Waals surface area contributed by atoms with Gasteiger partial charge in [-0.15, -0.1) is 11.6 Å². The molecule has 1 atom stereocenters. The third-order valence-electron chi connectivity index (χ3n) is 4.89. The third-order valence-corrected chi connectivity index (χ3v) is 5.53. The number of halogens is 2. The van der Waals surface area contributed by atoms with Crippen LogP contribution in [0.15, 0.2) is 40.1 Å². The van der Waals surface area contributed by atoms with Crippen LogP contribution in [0, 0.1) is 0 Å². The molecule has 6 nitrogen and oxygen atoms in total. The summed E-state index contributed by atoms with van der Waals surface area (Å²) >= 11 is 11.9. The molecule has 1 saturated heterocycles. The number of hydrogen-bond donors (Lipinski definition) is 2. The van der Waals surface area contributed by atoms with Gasteiger partial charge in [0.15, 0.2) is 0 Å². The number of likely N-dealkylation sites (tertiary alicyclic amines) is 1. The Kier molecular flexibility index (Phi) is 9.17. The van der Waals surface area contributed by atoms with Crippen molar-refractivity contribution >= 4 is 41.3 Å². The number of rotatable bonds is 5. The van der Waals surface area contributed by atoms with Crippen LogP contribution < -0.4 is 16.6 Å². The molecule has 0 aliphatic carbocycles. The van der Waals surface area contributed by atoms with E-state index in [-0.39, 0.29) is 11.4 Å². The molecule has 0 spiro atoms. The molecule has 0 bridgehead atoms. The Morgan fingerprint density at radius 2 is 2.07 bits per heavy atom. The van der Waals surface area contributed by atoms with Gasteiger partial charge in [0.2, 0.25) is 0 Å². The topological polar surface area (TPSA) is 75.7 Å². The second-order valence-electron chi connectivity index (χ2n) is 7.16. The summed E-state index contributed by atoms with van der Waals surface area (Å²) in [6.07, 6.45) is 2.49. The van der Waals surface area contributed by atoms with E-state index in [1.54, 1.807) is 19.2 Å². The number of anilines is 1. The number of nitrogens with one attached hydrogen (secondary N) is 1. The third kappa shape index (κ3) is 6.57. The first kappa shape index (κ1) is 23.4. The van der Waals surface area contributed by atoms with E-state index in [0.717, 1.165) is 12.1 Å². The maximum atomic E-state index is 12.4. The van der Waals surface area contributed by atoms with Gasteiger partial charge in [-0.3, -0.25) is 9.79 Å². The molecule has 1 fully saturated rings. The monoisotopic (exact) mass is 437 g/mol. The van der Waals surface area contributed by atoms with Crippen LogP contribution in [0.2, 0.25) is 5.02 Å². The average molecular weight is 438 g/mol. The van der Waals surface area contributed by atoms with Crippen LogP contribution in [-0.2, 0) is 19.5 Å². The highest BCUT2D eigenvalue weighted by Gasteiger charge is 2.12. The molecule has 0 saturated carbocycles. The largest absolute Gasteiger partial charge is 0.375 e. The van der Waals surface area contributed by atoms with Crippen LogP contribution >= 0.6 is 23.2 Å². The summed E-state index contributed by atoms with van der Waals surface area (Å²) in [5.41, 5.74) is 7.96. The fourth-order valence-electron chi connectivity index (χ4n) is 3.19. The number of pyridine rings is 1. The van der Waals surface area contributed by atoms with Crippen molar-refractivity contribution in [3.8, 4) is 0 Å². The molecule has 3 N–H and O–H groups in total. The van der Waals surface area contributed by atoms with Crippen molar-refractivity contribution in [2.45, 2.75) is 31.3 Å². The Bertz CT molecular complexity index is 876. The molecule has 1 aromatic carbocycles. The molecule has 2 heterocycles. The van der Waals surface area contributed by atoms with E-state index in [1.807, 2.05) is 18.2 Å². The Morgan fingerprint density at radius 3 is 2.62 bits per heavy atom. The molecule has 3 rings (SSSR count). The lowest BCUT2D eigenvalue weighted by Gasteiger charge is -2.26. The minimum Gasteiger partial charge on any atom is -0.375 e. The van der Waals surface area contributed by atoms with Crippen LogP contribution in [0.5, 0.6) is 0 Å². The maximum Gasteiger partial charge on any atom is 0.276 e. The SMILES string of the molecule is C=Nc1cc(CCl)n(C)c(=O)c1NCc1ccccc1Cl.CN1CCCC(N)C1. The number of nitrogens with zero attached hydrogens (tertiary/aromatic N) is 3. The van der Waals surface area contributed by atoms with Gasteiger partial charge in [0.05, 0.1) is 11.6 Å². The Balaban J connectivity index is 0.000000313. The van der Waals surface area contributed by atoms with Crippen molar-refractivity contribution < 1.29 is 0 Å². The number of likely N-dealkylation sites (N-methyl/N-ethyl adjacent to an activating group) is 1. The minimum absolute atomic E-state index is 0.192. The molecule has 1 aromatic heterocycles. The van der Waals surface area contributed by atoms with Crippen LogP contribution in [-0.4, -0.2) is 42.4 Å². The minimum atomic E-state index is -0.192. The normalized spacial score (nSPS) is 16.7. The zero-order valence-corrected chi connectivity index (χ0v) is 18.5. The van der Waals surface area contributed by atoms with Gasteiger partial charge < -0.3 is 20.5 Å². The van der Waals surface area contributed by atoms with Gasteiger partial charge in [0.1, 0.15) is 5.69 Å². The van der Waals surface area contributed by atoms with Crippen molar-refractivity contribution in [1.82, 2.24) is 9.47 Å². The zero-order chi connectivity index (χ0) is 21.4. The van der Waals surface area contributed by atoms with Gasteiger partial charge in [-0.2, -0.15) is 0 Å². The summed E-state index contributed by atoms with van der Waals surface area (Å²) in [6, 6.07) is 9.64. The number of aromatic nitrogens is 1. The molecule has 0 radical (unpaired) electrons. The fraction of sp³-hybridized carbons (Fsp3) is 0.429. The van der Waals surface area contributed by atoms with Gasteiger partial charge in [-0.05, 0) is 50.8 Å². The van der Waals surface area contributed by atoms with Crippen molar-refractivity contribution in [2.24, 2.45) is 17.8 Å². The van der Waals surface area contributed by atoms with E-state index in [1.165, 1.54) is 24.0 Å². The lowest BCUT2D eigenvalue weighted by molar-refractivity contribution is 0.252. The van der Waals surface area contributed by atoms with Crippen LogP contribution in [0.4, 0.5) is 11.4 Å². The van der Waals surface area contributed by atoms with Crippen LogP contribution in [0.1, 0.15) is 24.1 Å². The Morgan fingerprint density at radius 1 is 1.34 bits per heavy atom. The summed E-state index contributed by atoms with van der Waals surface area (Å²) in [7, 11) is 3.80. The molecule has 1 aliphatic rings. The van der Waals surface area contributed by atoms with E-state index in [9.17, 15) is 4.79 Å². The number of alkyl halides is 1. The van der Waals surface area contributed by atoms with Gasteiger partial charge in [-0.25, -0.2) is 0 Å². The van der Waals surface area contributed by atoms with Gasteiger partial charge in [-0.1, -0.05) is 29.8 Å². The van der Waals surface area contributed by atoms with Crippen LogP contribution in [0.25, 0.3) is 0 Å². The van der Waals surface area contributed by atoms with Crippen molar-refractivity contribution in [3.05, 3.63) is 57.0 Å². The summed E-state index contributed by atoms with van der Waals surface area (Å²) in [5, 5.41) is 3.73. The molecule has 29 heavy (non-hydrogen) atoms. The number of benzene rings is 1. The second kappa shape index (κ2) is 11.4. The zero-order valence-electron chi connectivity index (χ0n) is 17.0. The van der Waals surface area contributed by atoms with E-state index >= 15 is 0 Å².